The number of rotatable bonds is 5. The second-order valence-corrected chi connectivity index (χ2v) is 6.47. The van der Waals surface area contributed by atoms with Gasteiger partial charge in [-0.15, -0.1) is 11.6 Å². The van der Waals surface area contributed by atoms with E-state index in [9.17, 15) is 0 Å². The van der Waals surface area contributed by atoms with Crippen molar-refractivity contribution in [1.29, 1.82) is 0 Å². The van der Waals surface area contributed by atoms with Crippen LogP contribution in [0.1, 0.15) is 41.2 Å². The molecular weight excluding hydrogens is 352 g/mol. The smallest absolute Gasteiger partial charge is 0.133 e. The van der Waals surface area contributed by atoms with Crippen molar-refractivity contribution in [3.63, 3.8) is 0 Å². The Labute approximate surface area is 139 Å². The maximum Gasteiger partial charge on any atom is 0.133 e. The number of nitrogens with zero attached hydrogens (tertiary/aromatic N) is 2. The van der Waals surface area contributed by atoms with E-state index in [-0.39, 0.29) is 5.38 Å². The van der Waals surface area contributed by atoms with Crippen LogP contribution < -0.4 is 4.74 Å². The van der Waals surface area contributed by atoms with Crippen molar-refractivity contribution in [2.45, 2.75) is 39.1 Å². The molecule has 0 radical (unpaired) electrons. The minimum atomic E-state index is 0.0290. The van der Waals surface area contributed by atoms with Gasteiger partial charge in [0.05, 0.1) is 29.2 Å². The van der Waals surface area contributed by atoms with Crippen LogP contribution in [0.2, 0.25) is 0 Å². The van der Waals surface area contributed by atoms with Gasteiger partial charge in [-0.1, -0.05) is 13.0 Å². The molecule has 0 bridgehead atoms. The fraction of sp³-hybridized carbons (Fsp3) is 0.438. The summed E-state index contributed by atoms with van der Waals surface area (Å²) in [4.78, 5) is 0. The van der Waals surface area contributed by atoms with Gasteiger partial charge in [-0.3, -0.25) is 4.68 Å². The third kappa shape index (κ3) is 3.43. The van der Waals surface area contributed by atoms with E-state index in [0.717, 1.165) is 40.1 Å². The van der Waals surface area contributed by atoms with Crippen LogP contribution in [0, 0.1) is 13.8 Å². The summed E-state index contributed by atoms with van der Waals surface area (Å²) in [6.45, 7) is 6.92. The molecule has 0 fully saturated rings. The van der Waals surface area contributed by atoms with Crippen LogP contribution in [0.25, 0.3) is 0 Å². The van der Waals surface area contributed by atoms with Crippen molar-refractivity contribution >= 4 is 27.5 Å². The summed E-state index contributed by atoms with van der Waals surface area (Å²) in [5.41, 5.74) is 4.48. The highest BCUT2D eigenvalue weighted by molar-refractivity contribution is 9.10. The van der Waals surface area contributed by atoms with Crippen LogP contribution >= 0.6 is 27.5 Å². The van der Waals surface area contributed by atoms with E-state index in [2.05, 4.69) is 47.0 Å². The fourth-order valence-corrected chi connectivity index (χ4v) is 3.41. The monoisotopic (exact) mass is 370 g/mol. The van der Waals surface area contributed by atoms with Crippen LogP contribution in [0.3, 0.4) is 0 Å². The molecule has 5 heteroatoms. The molecule has 1 aromatic carbocycles. The Hall–Kier alpha value is -1.00. The largest absolute Gasteiger partial charge is 0.496 e. The number of ether oxygens (including phenoxy) is 1. The number of benzene rings is 1. The first-order valence-electron chi connectivity index (χ1n) is 6.98. The van der Waals surface area contributed by atoms with Gasteiger partial charge in [0, 0.05) is 11.3 Å². The first-order chi connectivity index (χ1) is 9.97. The van der Waals surface area contributed by atoms with Crippen LogP contribution in [-0.4, -0.2) is 16.9 Å². The van der Waals surface area contributed by atoms with E-state index in [4.69, 9.17) is 16.3 Å². The molecule has 3 nitrogen and oxygen atoms in total. The van der Waals surface area contributed by atoms with E-state index < -0.39 is 0 Å². The number of hydrogen-bond donors (Lipinski definition) is 0. The highest BCUT2D eigenvalue weighted by Crippen LogP contribution is 2.30. The third-order valence-electron chi connectivity index (χ3n) is 3.66. The van der Waals surface area contributed by atoms with Crippen LogP contribution in [-0.2, 0) is 6.54 Å². The van der Waals surface area contributed by atoms with E-state index in [1.165, 1.54) is 5.56 Å². The zero-order chi connectivity index (χ0) is 15.6. The molecule has 1 unspecified atom stereocenters. The lowest BCUT2D eigenvalue weighted by Gasteiger charge is -2.10. The lowest BCUT2D eigenvalue weighted by Crippen LogP contribution is -2.05. The molecule has 1 heterocycles. The van der Waals surface area contributed by atoms with Crippen molar-refractivity contribution in [1.82, 2.24) is 9.78 Å². The number of alkyl halides is 1. The maximum atomic E-state index is 6.40. The first-order valence-corrected chi connectivity index (χ1v) is 8.21. The molecule has 2 rings (SSSR count). The molecule has 0 aliphatic carbocycles. The van der Waals surface area contributed by atoms with Crippen molar-refractivity contribution in [3.05, 3.63) is 45.2 Å². The maximum absolute atomic E-state index is 6.40. The summed E-state index contributed by atoms with van der Waals surface area (Å²) in [5, 5.41) is 4.66. The summed E-state index contributed by atoms with van der Waals surface area (Å²) >= 11 is 9.92. The van der Waals surface area contributed by atoms with E-state index in [0.29, 0.717) is 0 Å². The quantitative estimate of drug-likeness (QED) is 0.691. The fourth-order valence-electron chi connectivity index (χ4n) is 2.50. The summed E-state index contributed by atoms with van der Waals surface area (Å²) < 4.78 is 8.23. The number of halogens is 2. The van der Waals surface area contributed by atoms with E-state index >= 15 is 0 Å². The number of aryl methyl sites for hydroxylation is 1. The highest BCUT2D eigenvalue weighted by Gasteiger charge is 2.18. The van der Waals surface area contributed by atoms with Crippen LogP contribution in [0.5, 0.6) is 5.75 Å². The summed E-state index contributed by atoms with van der Waals surface area (Å²) in [5.74, 6) is 0.833. The van der Waals surface area contributed by atoms with Gasteiger partial charge in [0.1, 0.15) is 5.75 Å². The van der Waals surface area contributed by atoms with E-state index in [1.807, 2.05) is 17.7 Å². The lowest BCUT2D eigenvalue weighted by molar-refractivity contribution is 0.412. The highest BCUT2D eigenvalue weighted by atomic mass is 79.9. The van der Waals surface area contributed by atoms with Gasteiger partial charge < -0.3 is 4.74 Å². The second kappa shape index (κ2) is 6.84. The Kier molecular flexibility index (Phi) is 5.33. The molecule has 114 valence electrons. The number of hydrogen-bond acceptors (Lipinski definition) is 2. The predicted molar refractivity (Wildman–Crippen MR) is 90.4 cm³/mol. The average molecular weight is 372 g/mol. The Morgan fingerprint density at radius 1 is 1.38 bits per heavy atom. The second-order valence-electron chi connectivity index (χ2n) is 5.09. The topological polar surface area (TPSA) is 27.1 Å². The summed E-state index contributed by atoms with van der Waals surface area (Å²) in [6, 6.07) is 6.08. The summed E-state index contributed by atoms with van der Waals surface area (Å²) in [6.07, 6.45) is 0.906. The molecule has 0 saturated carbocycles. The molecule has 0 N–H and O–H groups in total. The molecular formula is C16H20BrClN2O. The minimum absolute atomic E-state index is 0.0290. The molecule has 0 saturated heterocycles. The van der Waals surface area contributed by atoms with Crippen molar-refractivity contribution in [2.24, 2.45) is 0 Å². The first kappa shape index (κ1) is 16.4. The molecule has 0 aliphatic heterocycles. The number of methoxy groups -OCH3 is 1. The minimum Gasteiger partial charge on any atom is -0.496 e. The molecule has 21 heavy (non-hydrogen) atoms. The Morgan fingerprint density at radius 3 is 2.67 bits per heavy atom. The zero-order valence-corrected chi connectivity index (χ0v) is 15.1. The Balaban J connectivity index is 2.30. The Morgan fingerprint density at radius 2 is 2.10 bits per heavy atom. The SMILES string of the molecule is CCC(Cl)c1c(C)nn(Cc2ccc(OC)c(Br)c2)c1C. The third-order valence-corrected chi connectivity index (χ3v) is 4.80. The normalized spacial score (nSPS) is 12.5. The molecule has 0 aliphatic rings. The van der Waals surface area contributed by atoms with Crippen LogP contribution in [0.4, 0.5) is 0 Å². The summed E-state index contributed by atoms with van der Waals surface area (Å²) in [7, 11) is 1.67. The average Bonchev–Trinajstić information content (AvgIpc) is 2.73. The molecule has 1 atom stereocenters. The van der Waals surface area contributed by atoms with Gasteiger partial charge >= 0.3 is 0 Å². The predicted octanol–water partition coefficient (Wildman–Crippen LogP) is 5.01. The molecule has 1 aromatic heterocycles. The molecule has 0 amide bonds. The van der Waals surface area contributed by atoms with Gasteiger partial charge in [-0.05, 0) is 53.9 Å². The standard InChI is InChI=1S/C16H20BrClN2O/c1-5-14(18)16-10(2)19-20(11(16)3)9-12-6-7-15(21-4)13(17)8-12/h6-8,14H,5,9H2,1-4H3. The van der Waals surface area contributed by atoms with Crippen molar-refractivity contribution in [3.8, 4) is 5.75 Å². The van der Waals surface area contributed by atoms with E-state index in [1.54, 1.807) is 7.11 Å². The molecule has 0 spiro atoms. The Bertz CT molecular complexity index is 639. The van der Waals surface area contributed by atoms with Gasteiger partial charge in [-0.25, -0.2) is 0 Å². The van der Waals surface area contributed by atoms with Gasteiger partial charge in [0.25, 0.3) is 0 Å². The van der Waals surface area contributed by atoms with Gasteiger partial charge in [0.15, 0.2) is 0 Å². The lowest BCUT2D eigenvalue weighted by atomic mass is 10.1. The van der Waals surface area contributed by atoms with Gasteiger partial charge in [0.2, 0.25) is 0 Å². The molecule has 2 aromatic rings. The van der Waals surface area contributed by atoms with Gasteiger partial charge in [-0.2, -0.15) is 5.10 Å². The zero-order valence-electron chi connectivity index (χ0n) is 12.8. The van der Waals surface area contributed by atoms with Crippen LogP contribution in [0.15, 0.2) is 22.7 Å². The number of aromatic nitrogens is 2. The van der Waals surface area contributed by atoms with Crippen molar-refractivity contribution in [2.75, 3.05) is 7.11 Å². The van der Waals surface area contributed by atoms with Crippen molar-refractivity contribution < 1.29 is 4.74 Å².